The van der Waals surface area contributed by atoms with E-state index >= 15 is 0 Å². The van der Waals surface area contributed by atoms with Gasteiger partial charge in [-0.15, -0.1) is 0 Å². The number of aliphatic hydroxyl groups is 1. The van der Waals surface area contributed by atoms with Gasteiger partial charge in [-0.05, 0) is 47.7 Å². The molecular weight excluding hydrogens is 399 g/mol. The highest BCUT2D eigenvalue weighted by atomic mass is 19.1. The second kappa shape index (κ2) is 10.0. The second-order valence-electron chi connectivity index (χ2n) is 8.29. The van der Waals surface area contributed by atoms with Crippen molar-refractivity contribution in [2.24, 2.45) is 5.92 Å². The number of benzene rings is 2. The molecule has 1 aliphatic carbocycles. The lowest BCUT2D eigenvalue weighted by atomic mass is 9.91. The first kappa shape index (κ1) is 21.4. The van der Waals surface area contributed by atoms with Crippen molar-refractivity contribution in [1.29, 1.82) is 0 Å². The van der Waals surface area contributed by atoms with Gasteiger partial charge in [-0.2, -0.15) is 0 Å². The minimum Gasteiger partial charge on any atom is -0.486 e. The van der Waals surface area contributed by atoms with Gasteiger partial charge in [0.25, 0.3) is 0 Å². The largest absolute Gasteiger partial charge is 0.486 e. The summed E-state index contributed by atoms with van der Waals surface area (Å²) in [7, 11) is 0. The van der Waals surface area contributed by atoms with Gasteiger partial charge in [-0.25, -0.2) is 9.18 Å². The lowest BCUT2D eigenvalue weighted by molar-refractivity contribution is 0.115. The van der Waals surface area contributed by atoms with Crippen LogP contribution in [0.2, 0.25) is 0 Å². The molecule has 0 spiro atoms. The molecule has 2 amide bonds. The maximum atomic E-state index is 13.1. The molecule has 4 rings (SSSR count). The molecule has 1 aliphatic heterocycles. The fourth-order valence-corrected chi connectivity index (χ4v) is 4.35. The first-order valence-electron chi connectivity index (χ1n) is 10.9. The predicted molar refractivity (Wildman–Crippen MR) is 115 cm³/mol. The van der Waals surface area contributed by atoms with Crippen LogP contribution in [0.25, 0.3) is 0 Å². The first-order chi connectivity index (χ1) is 15.1. The minimum atomic E-state index is -0.868. The Kier molecular flexibility index (Phi) is 6.92. The molecule has 7 heteroatoms. The molecule has 166 valence electrons. The molecule has 2 atom stereocenters. The molecule has 0 saturated heterocycles. The fraction of sp³-hybridized carbons (Fsp3) is 0.458. The van der Waals surface area contributed by atoms with Crippen LogP contribution < -0.4 is 20.1 Å². The molecule has 0 aromatic heterocycles. The van der Waals surface area contributed by atoms with E-state index in [1.165, 1.54) is 25.0 Å². The molecule has 2 aromatic rings. The monoisotopic (exact) mass is 428 g/mol. The number of nitrogens with one attached hydrogen (secondary N) is 2. The number of aliphatic hydroxyl groups excluding tert-OH is 1. The summed E-state index contributed by atoms with van der Waals surface area (Å²) in [6, 6.07) is 10.6. The average Bonchev–Trinajstić information content (AvgIpc) is 3.30. The first-order valence-corrected chi connectivity index (χ1v) is 10.9. The van der Waals surface area contributed by atoms with E-state index < -0.39 is 12.1 Å². The number of amides is 2. The highest BCUT2D eigenvalue weighted by Crippen LogP contribution is 2.36. The van der Waals surface area contributed by atoms with Crippen LogP contribution in [0.15, 0.2) is 42.5 Å². The number of carbonyl (C=O) groups is 1. The summed E-state index contributed by atoms with van der Waals surface area (Å²) in [5.41, 5.74) is 1.49. The molecule has 1 heterocycles. The summed E-state index contributed by atoms with van der Waals surface area (Å²) in [6.07, 6.45) is 4.45. The maximum Gasteiger partial charge on any atom is 0.315 e. The highest BCUT2D eigenvalue weighted by molar-refractivity contribution is 5.74. The van der Waals surface area contributed by atoms with Crippen LogP contribution in [0, 0.1) is 11.7 Å². The molecule has 31 heavy (non-hydrogen) atoms. The molecule has 6 nitrogen and oxygen atoms in total. The van der Waals surface area contributed by atoms with Gasteiger partial charge < -0.3 is 25.2 Å². The second-order valence-corrected chi connectivity index (χ2v) is 8.29. The van der Waals surface area contributed by atoms with E-state index in [1.54, 1.807) is 24.3 Å². The van der Waals surface area contributed by atoms with Crippen molar-refractivity contribution in [3.05, 3.63) is 59.4 Å². The zero-order valence-electron chi connectivity index (χ0n) is 17.5. The quantitative estimate of drug-likeness (QED) is 0.621. The third-order valence-corrected chi connectivity index (χ3v) is 6.03. The Bertz CT molecular complexity index is 884. The lowest BCUT2D eigenvalue weighted by Gasteiger charge is -2.28. The van der Waals surface area contributed by atoms with E-state index in [-0.39, 0.29) is 18.4 Å². The number of rotatable bonds is 7. The van der Waals surface area contributed by atoms with Gasteiger partial charge in [-0.1, -0.05) is 43.9 Å². The standard InChI is InChI=1S/C24H29FN2O4/c25-19-8-5-17(6-9-19)15-26-24(29)27-20(13-16-3-1-2-4-16)23(28)18-7-10-21-22(14-18)31-12-11-30-21/h5-10,14,16,20,23,28H,1-4,11-13,15H2,(H2,26,27,29). The summed E-state index contributed by atoms with van der Waals surface area (Å²) in [5, 5.41) is 16.9. The molecule has 2 aromatic carbocycles. The number of hydrogen-bond donors (Lipinski definition) is 3. The molecule has 2 unspecified atom stereocenters. The SMILES string of the molecule is O=C(NCc1ccc(F)cc1)NC(CC1CCCC1)C(O)c1ccc2c(c1)OCCO2. The third-order valence-electron chi connectivity index (χ3n) is 6.03. The predicted octanol–water partition coefficient (Wildman–Crippen LogP) is 4.08. The Morgan fingerprint density at radius 2 is 1.77 bits per heavy atom. The van der Waals surface area contributed by atoms with Crippen molar-refractivity contribution < 1.29 is 23.8 Å². The van der Waals surface area contributed by atoms with Crippen molar-refractivity contribution >= 4 is 6.03 Å². The zero-order chi connectivity index (χ0) is 21.6. The lowest BCUT2D eigenvalue weighted by Crippen LogP contribution is -2.45. The van der Waals surface area contributed by atoms with E-state index in [2.05, 4.69) is 10.6 Å². The summed E-state index contributed by atoms with van der Waals surface area (Å²) in [5.74, 6) is 1.45. The van der Waals surface area contributed by atoms with Crippen LogP contribution in [-0.4, -0.2) is 30.4 Å². The van der Waals surface area contributed by atoms with Crippen LogP contribution in [0.3, 0.4) is 0 Å². The minimum absolute atomic E-state index is 0.280. The van der Waals surface area contributed by atoms with Gasteiger partial charge in [-0.3, -0.25) is 0 Å². The van der Waals surface area contributed by atoms with Crippen molar-refractivity contribution in [3.63, 3.8) is 0 Å². The van der Waals surface area contributed by atoms with Gasteiger partial charge in [0.05, 0.1) is 12.1 Å². The fourth-order valence-electron chi connectivity index (χ4n) is 4.35. The normalized spacial score (nSPS) is 17.7. The smallest absolute Gasteiger partial charge is 0.315 e. The summed E-state index contributed by atoms with van der Waals surface area (Å²) in [4.78, 5) is 12.6. The Morgan fingerprint density at radius 3 is 2.52 bits per heavy atom. The van der Waals surface area contributed by atoms with Crippen LogP contribution in [0.5, 0.6) is 11.5 Å². The molecule has 0 bridgehead atoms. The van der Waals surface area contributed by atoms with E-state index in [0.717, 1.165) is 18.4 Å². The van der Waals surface area contributed by atoms with Gasteiger partial charge in [0.2, 0.25) is 0 Å². The van der Waals surface area contributed by atoms with Crippen molar-refractivity contribution in [1.82, 2.24) is 10.6 Å². The molecule has 1 fully saturated rings. The molecule has 0 radical (unpaired) electrons. The summed E-state index contributed by atoms with van der Waals surface area (Å²) >= 11 is 0. The highest BCUT2D eigenvalue weighted by Gasteiger charge is 2.28. The van der Waals surface area contributed by atoms with Crippen LogP contribution in [0.4, 0.5) is 9.18 Å². The molecule has 1 saturated carbocycles. The Balaban J connectivity index is 1.42. The number of fused-ring (bicyclic) bond motifs is 1. The van der Waals surface area contributed by atoms with E-state index in [9.17, 15) is 14.3 Å². The van der Waals surface area contributed by atoms with Gasteiger partial charge in [0.15, 0.2) is 11.5 Å². The Labute approximate surface area is 181 Å². The van der Waals surface area contributed by atoms with Crippen molar-refractivity contribution in [3.8, 4) is 11.5 Å². The molecule has 2 aliphatic rings. The Hall–Kier alpha value is -2.80. The Morgan fingerprint density at radius 1 is 1.06 bits per heavy atom. The van der Waals surface area contributed by atoms with E-state index in [1.807, 2.05) is 6.07 Å². The van der Waals surface area contributed by atoms with E-state index in [4.69, 9.17) is 9.47 Å². The third kappa shape index (κ3) is 5.67. The zero-order valence-corrected chi connectivity index (χ0v) is 17.5. The number of ether oxygens (including phenoxy) is 2. The van der Waals surface area contributed by atoms with Gasteiger partial charge in [0, 0.05) is 6.54 Å². The summed E-state index contributed by atoms with van der Waals surface area (Å²) < 4.78 is 24.3. The van der Waals surface area contributed by atoms with Crippen LogP contribution in [-0.2, 0) is 6.54 Å². The maximum absolute atomic E-state index is 13.1. The number of carbonyl (C=O) groups excluding carboxylic acids is 1. The van der Waals surface area contributed by atoms with Crippen molar-refractivity contribution in [2.75, 3.05) is 13.2 Å². The average molecular weight is 429 g/mol. The molecule has 3 N–H and O–H groups in total. The number of hydrogen-bond acceptors (Lipinski definition) is 4. The van der Waals surface area contributed by atoms with Gasteiger partial charge in [0.1, 0.15) is 19.0 Å². The number of urea groups is 1. The van der Waals surface area contributed by atoms with Crippen LogP contribution in [0.1, 0.15) is 49.3 Å². The van der Waals surface area contributed by atoms with Gasteiger partial charge >= 0.3 is 6.03 Å². The topological polar surface area (TPSA) is 79.8 Å². The van der Waals surface area contributed by atoms with E-state index in [0.29, 0.717) is 42.6 Å². The van der Waals surface area contributed by atoms with Crippen LogP contribution >= 0.6 is 0 Å². The van der Waals surface area contributed by atoms with Crippen molar-refractivity contribution in [2.45, 2.75) is 50.8 Å². The molecular formula is C24H29FN2O4. The number of halogens is 1. The summed E-state index contributed by atoms with van der Waals surface area (Å²) in [6.45, 7) is 1.26.